The normalized spacial score (nSPS) is 11.5. The molecule has 128 valence electrons. The van der Waals surface area contributed by atoms with Crippen molar-refractivity contribution in [3.05, 3.63) is 54.1 Å². The number of carbonyl (C=O) groups excluding carboxylic acids is 1. The van der Waals surface area contributed by atoms with E-state index in [1.165, 1.54) is 0 Å². The van der Waals surface area contributed by atoms with Crippen molar-refractivity contribution in [1.29, 1.82) is 0 Å². The predicted octanol–water partition coefficient (Wildman–Crippen LogP) is 2.83. The SMILES string of the molecule is COc1ccc(CCNC(=O)[C@@H](C)Oc2ccc(OC)cc2)cc1. The van der Waals surface area contributed by atoms with Crippen molar-refractivity contribution in [3.8, 4) is 17.2 Å². The Morgan fingerprint density at radius 1 is 0.917 bits per heavy atom. The van der Waals surface area contributed by atoms with Crippen LogP contribution in [-0.4, -0.2) is 32.8 Å². The van der Waals surface area contributed by atoms with Crippen LogP contribution in [0.2, 0.25) is 0 Å². The fourth-order valence-corrected chi connectivity index (χ4v) is 2.18. The molecular formula is C19H23NO4. The second-order valence-electron chi connectivity index (χ2n) is 5.32. The lowest BCUT2D eigenvalue weighted by molar-refractivity contribution is -0.127. The Hall–Kier alpha value is -2.69. The van der Waals surface area contributed by atoms with Crippen LogP contribution in [0, 0.1) is 0 Å². The lowest BCUT2D eigenvalue weighted by Gasteiger charge is -2.15. The van der Waals surface area contributed by atoms with E-state index < -0.39 is 6.10 Å². The number of benzene rings is 2. The second kappa shape index (κ2) is 8.82. The molecule has 0 heterocycles. The van der Waals surface area contributed by atoms with Gasteiger partial charge in [-0.3, -0.25) is 4.79 Å². The van der Waals surface area contributed by atoms with E-state index in [2.05, 4.69) is 5.32 Å². The molecule has 0 radical (unpaired) electrons. The van der Waals surface area contributed by atoms with Crippen molar-refractivity contribution in [1.82, 2.24) is 5.32 Å². The summed E-state index contributed by atoms with van der Waals surface area (Å²) < 4.78 is 15.8. The summed E-state index contributed by atoms with van der Waals surface area (Å²) in [7, 11) is 3.24. The van der Waals surface area contributed by atoms with Gasteiger partial charge >= 0.3 is 0 Å². The number of nitrogens with one attached hydrogen (secondary N) is 1. The molecule has 0 aliphatic rings. The largest absolute Gasteiger partial charge is 0.497 e. The van der Waals surface area contributed by atoms with Gasteiger partial charge in [-0.15, -0.1) is 0 Å². The van der Waals surface area contributed by atoms with Crippen LogP contribution in [0.15, 0.2) is 48.5 Å². The Morgan fingerprint density at radius 2 is 1.42 bits per heavy atom. The first-order valence-corrected chi connectivity index (χ1v) is 7.83. The molecule has 2 rings (SSSR count). The highest BCUT2D eigenvalue weighted by atomic mass is 16.5. The summed E-state index contributed by atoms with van der Waals surface area (Å²) in [6, 6.07) is 14.9. The highest BCUT2D eigenvalue weighted by Crippen LogP contribution is 2.18. The first-order valence-electron chi connectivity index (χ1n) is 7.83. The van der Waals surface area contributed by atoms with Gasteiger partial charge in [0.25, 0.3) is 5.91 Å². The number of ether oxygens (including phenoxy) is 3. The summed E-state index contributed by atoms with van der Waals surface area (Å²) in [5, 5.41) is 2.88. The third-order valence-corrected chi connectivity index (χ3v) is 3.61. The minimum absolute atomic E-state index is 0.140. The Kier molecular flexibility index (Phi) is 6.49. The Morgan fingerprint density at radius 3 is 1.96 bits per heavy atom. The zero-order valence-electron chi connectivity index (χ0n) is 14.2. The maximum absolute atomic E-state index is 12.1. The molecule has 0 aliphatic heterocycles. The number of hydrogen-bond donors (Lipinski definition) is 1. The van der Waals surface area contributed by atoms with E-state index in [0.717, 1.165) is 23.5 Å². The van der Waals surface area contributed by atoms with Crippen LogP contribution in [0.25, 0.3) is 0 Å². The van der Waals surface area contributed by atoms with Crippen molar-refractivity contribution in [2.24, 2.45) is 0 Å². The van der Waals surface area contributed by atoms with Gasteiger partial charge in [-0.25, -0.2) is 0 Å². The molecule has 5 nitrogen and oxygen atoms in total. The van der Waals surface area contributed by atoms with Crippen LogP contribution < -0.4 is 19.5 Å². The van der Waals surface area contributed by atoms with Crippen LogP contribution in [0.4, 0.5) is 0 Å². The summed E-state index contributed by atoms with van der Waals surface area (Å²) in [6.07, 6.45) is 0.194. The molecule has 1 N–H and O–H groups in total. The zero-order chi connectivity index (χ0) is 17.4. The number of rotatable bonds is 8. The van der Waals surface area contributed by atoms with Gasteiger partial charge in [0, 0.05) is 6.54 Å². The summed E-state index contributed by atoms with van der Waals surface area (Å²) in [4.78, 5) is 12.1. The van der Waals surface area contributed by atoms with Gasteiger partial charge in [0.15, 0.2) is 6.10 Å². The van der Waals surface area contributed by atoms with Gasteiger partial charge in [-0.1, -0.05) is 12.1 Å². The van der Waals surface area contributed by atoms with E-state index in [-0.39, 0.29) is 5.91 Å². The number of amides is 1. The molecule has 2 aromatic carbocycles. The molecule has 0 aliphatic carbocycles. The van der Waals surface area contributed by atoms with Gasteiger partial charge in [-0.05, 0) is 55.3 Å². The maximum Gasteiger partial charge on any atom is 0.260 e. The van der Waals surface area contributed by atoms with Crippen molar-refractivity contribution >= 4 is 5.91 Å². The Balaban J connectivity index is 1.76. The van der Waals surface area contributed by atoms with Crippen molar-refractivity contribution in [2.75, 3.05) is 20.8 Å². The molecule has 1 amide bonds. The molecule has 0 unspecified atom stereocenters. The summed E-state index contributed by atoms with van der Waals surface area (Å²) in [5.74, 6) is 2.07. The average molecular weight is 329 g/mol. The van der Waals surface area contributed by atoms with E-state index >= 15 is 0 Å². The number of carbonyl (C=O) groups is 1. The molecule has 0 spiro atoms. The van der Waals surface area contributed by atoms with Gasteiger partial charge in [0.05, 0.1) is 14.2 Å². The average Bonchev–Trinajstić information content (AvgIpc) is 2.62. The highest BCUT2D eigenvalue weighted by molar-refractivity contribution is 5.80. The lowest BCUT2D eigenvalue weighted by atomic mass is 10.1. The molecule has 5 heteroatoms. The van der Waals surface area contributed by atoms with Crippen molar-refractivity contribution in [2.45, 2.75) is 19.4 Å². The van der Waals surface area contributed by atoms with Gasteiger partial charge in [0.2, 0.25) is 0 Å². The van der Waals surface area contributed by atoms with E-state index in [4.69, 9.17) is 14.2 Å². The Bertz CT molecular complexity index is 637. The topological polar surface area (TPSA) is 56.8 Å². The molecule has 2 aromatic rings. The molecular weight excluding hydrogens is 306 g/mol. The summed E-state index contributed by atoms with van der Waals surface area (Å²) in [6.45, 7) is 2.29. The van der Waals surface area contributed by atoms with Crippen LogP contribution >= 0.6 is 0 Å². The molecule has 0 bridgehead atoms. The Labute approximate surface area is 142 Å². The van der Waals surface area contributed by atoms with Gasteiger partial charge < -0.3 is 19.5 Å². The lowest BCUT2D eigenvalue weighted by Crippen LogP contribution is -2.37. The van der Waals surface area contributed by atoms with Crippen LogP contribution in [0.5, 0.6) is 17.2 Å². The minimum Gasteiger partial charge on any atom is -0.497 e. The van der Waals surface area contributed by atoms with E-state index in [9.17, 15) is 4.79 Å². The first-order chi connectivity index (χ1) is 11.6. The minimum atomic E-state index is -0.561. The molecule has 0 saturated carbocycles. The zero-order valence-corrected chi connectivity index (χ0v) is 14.2. The van der Waals surface area contributed by atoms with E-state index in [1.807, 2.05) is 24.3 Å². The summed E-state index contributed by atoms with van der Waals surface area (Å²) >= 11 is 0. The number of methoxy groups -OCH3 is 2. The maximum atomic E-state index is 12.1. The molecule has 0 aromatic heterocycles. The second-order valence-corrected chi connectivity index (χ2v) is 5.32. The van der Waals surface area contributed by atoms with Crippen LogP contribution in [0.1, 0.15) is 12.5 Å². The first kappa shape index (κ1) is 17.7. The van der Waals surface area contributed by atoms with Gasteiger partial charge in [0.1, 0.15) is 17.2 Å². The van der Waals surface area contributed by atoms with E-state index in [1.54, 1.807) is 45.4 Å². The number of hydrogen-bond acceptors (Lipinski definition) is 4. The van der Waals surface area contributed by atoms with E-state index in [0.29, 0.717) is 12.3 Å². The van der Waals surface area contributed by atoms with Crippen LogP contribution in [0.3, 0.4) is 0 Å². The van der Waals surface area contributed by atoms with Gasteiger partial charge in [-0.2, -0.15) is 0 Å². The summed E-state index contributed by atoms with van der Waals surface area (Å²) in [5.41, 5.74) is 1.14. The predicted molar refractivity (Wildman–Crippen MR) is 92.8 cm³/mol. The van der Waals surface area contributed by atoms with Crippen molar-refractivity contribution < 1.29 is 19.0 Å². The van der Waals surface area contributed by atoms with Crippen LogP contribution in [-0.2, 0) is 11.2 Å². The molecule has 24 heavy (non-hydrogen) atoms. The van der Waals surface area contributed by atoms with Crippen molar-refractivity contribution in [3.63, 3.8) is 0 Å². The smallest absolute Gasteiger partial charge is 0.260 e. The fraction of sp³-hybridized carbons (Fsp3) is 0.316. The quantitative estimate of drug-likeness (QED) is 0.809. The molecule has 1 atom stereocenters. The standard InChI is InChI=1S/C19H23NO4/c1-14(24-18-10-8-17(23-3)9-11-18)19(21)20-13-12-15-4-6-16(22-2)7-5-15/h4-11,14H,12-13H2,1-3H3,(H,20,21)/t14-/m1/s1. The monoisotopic (exact) mass is 329 g/mol. The third-order valence-electron chi connectivity index (χ3n) is 3.61. The fourth-order valence-electron chi connectivity index (χ4n) is 2.18. The molecule has 0 fully saturated rings. The third kappa shape index (κ3) is 5.19. The highest BCUT2D eigenvalue weighted by Gasteiger charge is 2.14. The molecule has 0 saturated heterocycles.